The van der Waals surface area contributed by atoms with Gasteiger partial charge in [0.1, 0.15) is 4.60 Å². The van der Waals surface area contributed by atoms with Gasteiger partial charge in [0, 0.05) is 9.85 Å². The first-order valence-electron chi connectivity index (χ1n) is 4.78. The molecule has 0 aliphatic heterocycles. The number of aromatic nitrogens is 1. The first kappa shape index (κ1) is 12.1. The van der Waals surface area contributed by atoms with Gasteiger partial charge in [0.15, 0.2) is 5.13 Å². The molecular formula is C11H10Br2N2S. The van der Waals surface area contributed by atoms with Crippen LogP contribution >= 0.6 is 43.2 Å². The SMILES string of the molecule is CC(Nc1nc(Br)cs1)c1cccc(Br)c1. The molecule has 1 unspecified atom stereocenters. The summed E-state index contributed by atoms with van der Waals surface area (Å²) >= 11 is 8.41. The highest BCUT2D eigenvalue weighted by Gasteiger charge is 2.07. The highest BCUT2D eigenvalue weighted by Crippen LogP contribution is 2.25. The van der Waals surface area contributed by atoms with Crippen LogP contribution in [0.25, 0.3) is 0 Å². The molecule has 2 aromatic rings. The van der Waals surface area contributed by atoms with Gasteiger partial charge in [-0.15, -0.1) is 11.3 Å². The molecule has 2 nitrogen and oxygen atoms in total. The molecule has 0 spiro atoms. The molecule has 0 aliphatic carbocycles. The van der Waals surface area contributed by atoms with Gasteiger partial charge in [0.2, 0.25) is 0 Å². The Hall–Kier alpha value is -0.390. The molecule has 0 aliphatic rings. The van der Waals surface area contributed by atoms with Crippen LogP contribution < -0.4 is 5.32 Å². The molecule has 5 heteroatoms. The van der Waals surface area contributed by atoms with Crippen molar-refractivity contribution in [2.24, 2.45) is 0 Å². The zero-order chi connectivity index (χ0) is 11.5. The van der Waals surface area contributed by atoms with Gasteiger partial charge in [-0.3, -0.25) is 0 Å². The number of halogens is 2. The van der Waals surface area contributed by atoms with E-state index in [1.54, 1.807) is 11.3 Å². The van der Waals surface area contributed by atoms with E-state index < -0.39 is 0 Å². The quantitative estimate of drug-likeness (QED) is 0.845. The number of rotatable bonds is 3. The fourth-order valence-electron chi connectivity index (χ4n) is 1.36. The van der Waals surface area contributed by atoms with Gasteiger partial charge in [-0.2, -0.15) is 0 Å². The topological polar surface area (TPSA) is 24.9 Å². The summed E-state index contributed by atoms with van der Waals surface area (Å²) in [6.07, 6.45) is 0. The molecule has 1 N–H and O–H groups in total. The molecule has 0 fully saturated rings. The molecule has 0 amide bonds. The molecule has 0 saturated carbocycles. The first-order chi connectivity index (χ1) is 7.65. The average molecular weight is 362 g/mol. The van der Waals surface area contributed by atoms with Gasteiger partial charge in [0.25, 0.3) is 0 Å². The van der Waals surface area contributed by atoms with Crippen LogP contribution in [0, 0.1) is 0 Å². The van der Waals surface area contributed by atoms with Crippen LogP contribution in [0.2, 0.25) is 0 Å². The van der Waals surface area contributed by atoms with Gasteiger partial charge in [-0.25, -0.2) is 4.98 Å². The normalized spacial score (nSPS) is 12.4. The maximum absolute atomic E-state index is 4.31. The Balaban J connectivity index is 2.11. The molecule has 1 heterocycles. The lowest BCUT2D eigenvalue weighted by Crippen LogP contribution is -2.06. The predicted molar refractivity (Wildman–Crippen MR) is 76.0 cm³/mol. The number of hydrogen-bond donors (Lipinski definition) is 1. The summed E-state index contributed by atoms with van der Waals surface area (Å²) in [5, 5.41) is 6.26. The number of nitrogens with zero attached hydrogens (tertiary/aromatic N) is 1. The third-order valence-corrected chi connectivity index (χ3v) is 4.14. The molecule has 1 atom stereocenters. The molecule has 0 radical (unpaired) electrons. The summed E-state index contributed by atoms with van der Waals surface area (Å²) in [5.74, 6) is 0. The van der Waals surface area contributed by atoms with E-state index in [1.165, 1.54) is 5.56 Å². The maximum Gasteiger partial charge on any atom is 0.184 e. The van der Waals surface area contributed by atoms with Gasteiger partial charge in [-0.1, -0.05) is 28.1 Å². The zero-order valence-corrected chi connectivity index (χ0v) is 12.6. The summed E-state index contributed by atoms with van der Waals surface area (Å²) in [4.78, 5) is 4.31. The van der Waals surface area contributed by atoms with Crippen LogP contribution in [-0.4, -0.2) is 4.98 Å². The lowest BCUT2D eigenvalue weighted by atomic mass is 10.1. The number of thiazole rings is 1. The van der Waals surface area contributed by atoms with Crippen molar-refractivity contribution >= 4 is 48.3 Å². The molecule has 0 saturated heterocycles. The van der Waals surface area contributed by atoms with Crippen LogP contribution in [0.4, 0.5) is 5.13 Å². The summed E-state index contributed by atoms with van der Waals surface area (Å²) in [7, 11) is 0. The lowest BCUT2D eigenvalue weighted by Gasteiger charge is -2.13. The Morgan fingerprint density at radius 3 is 2.81 bits per heavy atom. The lowest BCUT2D eigenvalue weighted by molar-refractivity contribution is 0.880. The van der Waals surface area contributed by atoms with E-state index in [-0.39, 0.29) is 6.04 Å². The van der Waals surface area contributed by atoms with E-state index in [2.05, 4.69) is 61.2 Å². The minimum absolute atomic E-state index is 0.246. The molecule has 1 aromatic carbocycles. The predicted octanol–water partition coefficient (Wildman–Crippen LogP) is 4.84. The Labute approximate surface area is 115 Å². The van der Waals surface area contributed by atoms with E-state index >= 15 is 0 Å². The van der Waals surface area contributed by atoms with Crippen molar-refractivity contribution in [3.05, 3.63) is 44.3 Å². The number of anilines is 1. The first-order valence-corrected chi connectivity index (χ1v) is 7.25. The Morgan fingerprint density at radius 2 is 2.19 bits per heavy atom. The smallest absolute Gasteiger partial charge is 0.184 e. The maximum atomic E-state index is 4.31. The summed E-state index contributed by atoms with van der Waals surface area (Å²) < 4.78 is 1.97. The molecule has 84 valence electrons. The van der Waals surface area contributed by atoms with Crippen molar-refractivity contribution in [2.45, 2.75) is 13.0 Å². The standard InChI is InChI=1S/C11H10Br2N2S/c1-7(8-3-2-4-9(12)5-8)14-11-15-10(13)6-16-11/h2-7H,1H3,(H,14,15). The zero-order valence-electron chi connectivity index (χ0n) is 8.58. The average Bonchev–Trinajstić information content (AvgIpc) is 2.64. The van der Waals surface area contributed by atoms with Crippen LogP contribution in [0.3, 0.4) is 0 Å². The van der Waals surface area contributed by atoms with E-state index in [0.29, 0.717) is 0 Å². The van der Waals surface area contributed by atoms with Gasteiger partial charge in [0.05, 0.1) is 6.04 Å². The van der Waals surface area contributed by atoms with Gasteiger partial charge in [-0.05, 0) is 40.5 Å². The van der Waals surface area contributed by atoms with E-state index in [9.17, 15) is 0 Å². The monoisotopic (exact) mass is 360 g/mol. The largest absolute Gasteiger partial charge is 0.355 e. The summed E-state index contributed by atoms with van der Waals surface area (Å²) in [6, 6.07) is 8.52. The fraction of sp³-hybridized carbons (Fsp3) is 0.182. The molecule has 16 heavy (non-hydrogen) atoms. The van der Waals surface area contributed by atoms with Crippen molar-refractivity contribution in [2.75, 3.05) is 5.32 Å². The molecule has 0 bridgehead atoms. The van der Waals surface area contributed by atoms with Crippen molar-refractivity contribution in [1.82, 2.24) is 4.98 Å². The summed E-state index contributed by atoms with van der Waals surface area (Å²) in [6.45, 7) is 2.12. The third kappa shape index (κ3) is 3.06. The van der Waals surface area contributed by atoms with E-state index in [1.807, 2.05) is 17.5 Å². The van der Waals surface area contributed by atoms with E-state index in [4.69, 9.17) is 0 Å². The second kappa shape index (κ2) is 5.29. The van der Waals surface area contributed by atoms with Crippen molar-refractivity contribution in [3.63, 3.8) is 0 Å². The van der Waals surface area contributed by atoms with Crippen molar-refractivity contribution < 1.29 is 0 Å². The fourth-order valence-corrected chi connectivity index (χ4v) is 3.01. The van der Waals surface area contributed by atoms with Crippen molar-refractivity contribution in [1.29, 1.82) is 0 Å². The minimum Gasteiger partial charge on any atom is -0.355 e. The summed E-state index contributed by atoms with van der Waals surface area (Å²) in [5.41, 5.74) is 1.24. The van der Waals surface area contributed by atoms with Gasteiger partial charge < -0.3 is 5.32 Å². The number of nitrogens with one attached hydrogen (secondary N) is 1. The number of hydrogen-bond acceptors (Lipinski definition) is 3. The van der Waals surface area contributed by atoms with Crippen LogP contribution in [0.5, 0.6) is 0 Å². The van der Waals surface area contributed by atoms with Crippen LogP contribution in [-0.2, 0) is 0 Å². The number of benzene rings is 1. The van der Waals surface area contributed by atoms with Crippen LogP contribution in [0.15, 0.2) is 38.7 Å². The molecule has 1 aromatic heterocycles. The highest BCUT2D eigenvalue weighted by molar-refractivity contribution is 9.10. The van der Waals surface area contributed by atoms with Crippen LogP contribution in [0.1, 0.15) is 18.5 Å². The highest BCUT2D eigenvalue weighted by atomic mass is 79.9. The molecular weight excluding hydrogens is 352 g/mol. The molecule has 2 rings (SSSR count). The third-order valence-electron chi connectivity index (χ3n) is 2.16. The minimum atomic E-state index is 0.246. The second-order valence-corrected chi connectivity index (χ2v) is 5.98. The second-order valence-electron chi connectivity index (χ2n) is 3.40. The van der Waals surface area contributed by atoms with Gasteiger partial charge >= 0.3 is 0 Å². The van der Waals surface area contributed by atoms with Crippen molar-refractivity contribution in [3.8, 4) is 0 Å². The Kier molecular flexibility index (Phi) is 4.00. The Bertz CT molecular complexity index is 484. The Morgan fingerprint density at radius 1 is 1.38 bits per heavy atom. The van der Waals surface area contributed by atoms with E-state index in [0.717, 1.165) is 14.2 Å².